The van der Waals surface area contributed by atoms with E-state index in [-0.39, 0.29) is 23.2 Å². The van der Waals surface area contributed by atoms with Gasteiger partial charge in [-0.3, -0.25) is 4.79 Å². The normalized spacial score (nSPS) is 13.2. The van der Waals surface area contributed by atoms with Gasteiger partial charge in [-0.25, -0.2) is 8.42 Å². The van der Waals surface area contributed by atoms with Crippen LogP contribution in [0.25, 0.3) is 0 Å². The van der Waals surface area contributed by atoms with Crippen LogP contribution in [0.5, 0.6) is 0 Å². The van der Waals surface area contributed by atoms with Crippen LogP contribution in [0.3, 0.4) is 0 Å². The SMILES string of the molecule is CCC(C(=O)CCCS(=O)(=O)CC)c1ccccc1. The zero-order chi connectivity index (χ0) is 14.3. The van der Waals surface area contributed by atoms with Gasteiger partial charge in [-0.2, -0.15) is 0 Å². The Kier molecular flexibility index (Phi) is 6.22. The molecule has 0 radical (unpaired) electrons. The van der Waals surface area contributed by atoms with Crippen molar-refractivity contribution in [2.75, 3.05) is 11.5 Å². The Hall–Kier alpha value is -1.16. The summed E-state index contributed by atoms with van der Waals surface area (Å²) < 4.78 is 22.8. The molecule has 0 bridgehead atoms. The molecule has 0 aliphatic carbocycles. The van der Waals surface area contributed by atoms with E-state index in [2.05, 4.69) is 0 Å². The van der Waals surface area contributed by atoms with Gasteiger partial charge in [-0.15, -0.1) is 0 Å². The fourth-order valence-corrected chi connectivity index (χ4v) is 2.99. The maximum absolute atomic E-state index is 12.2. The van der Waals surface area contributed by atoms with Crippen molar-refractivity contribution in [2.24, 2.45) is 0 Å². The third-order valence-electron chi connectivity index (χ3n) is 3.32. The fraction of sp³-hybridized carbons (Fsp3) is 0.533. The van der Waals surface area contributed by atoms with Gasteiger partial charge in [0, 0.05) is 18.1 Å². The van der Waals surface area contributed by atoms with Gasteiger partial charge >= 0.3 is 0 Å². The maximum Gasteiger partial charge on any atom is 0.150 e. The number of ketones is 1. The van der Waals surface area contributed by atoms with E-state index < -0.39 is 9.84 Å². The minimum absolute atomic E-state index is 0.106. The van der Waals surface area contributed by atoms with E-state index in [1.807, 2.05) is 37.3 Å². The van der Waals surface area contributed by atoms with Crippen molar-refractivity contribution < 1.29 is 13.2 Å². The average Bonchev–Trinajstić information content (AvgIpc) is 2.40. The lowest BCUT2D eigenvalue weighted by Gasteiger charge is -2.14. The Balaban J connectivity index is 2.57. The van der Waals surface area contributed by atoms with Crippen molar-refractivity contribution in [3.8, 4) is 0 Å². The number of hydrogen-bond acceptors (Lipinski definition) is 3. The van der Waals surface area contributed by atoms with Gasteiger partial charge < -0.3 is 0 Å². The van der Waals surface area contributed by atoms with Crippen LogP contribution in [0.15, 0.2) is 30.3 Å². The molecule has 0 N–H and O–H groups in total. The van der Waals surface area contributed by atoms with Crippen molar-refractivity contribution in [3.63, 3.8) is 0 Å². The first-order valence-corrected chi connectivity index (χ1v) is 8.60. The van der Waals surface area contributed by atoms with Gasteiger partial charge in [0.15, 0.2) is 0 Å². The molecular formula is C15H22O3S. The number of carbonyl (C=O) groups is 1. The van der Waals surface area contributed by atoms with Crippen LogP contribution in [0, 0.1) is 0 Å². The number of benzene rings is 1. The molecule has 0 amide bonds. The first kappa shape index (κ1) is 15.9. The van der Waals surface area contributed by atoms with E-state index >= 15 is 0 Å². The summed E-state index contributed by atoms with van der Waals surface area (Å²) in [4.78, 5) is 12.2. The average molecular weight is 282 g/mol. The Morgan fingerprint density at radius 3 is 2.32 bits per heavy atom. The molecule has 3 nitrogen and oxygen atoms in total. The van der Waals surface area contributed by atoms with Crippen molar-refractivity contribution in [3.05, 3.63) is 35.9 Å². The second-order valence-electron chi connectivity index (χ2n) is 4.68. The van der Waals surface area contributed by atoms with Gasteiger partial charge in [-0.05, 0) is 18.4 Å². The van der Waals surface area contributed by atoms with Crippen molar-refractivity contribution in [1.82, 2.24) is 0 Å². The summed E-state index contributed by atoms with van der Waals surface area (Å²) in [5.74, 6) is 0.294. The molecule has 1 aromatic carbocycles. The second-order valence-corrected chi connectivity index (χ2v) is 7.15. The quantitative estimate of drug-likeness (QED) is 0.736. The lowest BCUT2D eigenvalue weighted by molar-refractivity contribution is -0.120. The van der Waals surface area contributed by atoms with Crippen LogP contribution >= 0.6 is 0 Å². The summed E-state index contributed by atoms with van der Waals surface area (Å²) in [6.07, 6.45) is 1.52. The van der Waals surface area contributed by atoms with Gasteiger partial charge in [-0.1, -0.05) is 44.2 Å². The minimum atomic E-state index is -2.96. The summed E-state index contributed by atoms with van der Waals surface area (Å²) in [5.41, 5.74) is 1.02. The molecule has 0 heterocycles. The molecule has 0 saturated heterocycles. The Labute approximate surface area is 116 Å². The molecule has 1 atom stereocenters. The number of hydrogen-bond donors (Lipinski definition) is 0. The summed E-state index contributed by atoms with van der Waals surface area (Å²) in [6.45, 7) is 3.62. The van der Waals surface area contributed by atoms with Crippen molar-refractivity contribution in [1.29, 1.82) is 0 Å². The van der Waals surface area contributed by atoms with Crippen LogP contribution in [-0.2, 0) is 14.6 Å². The maximum atomic E-state index is 12.2. The number of sulfone groups is 1. The van der Waals surface area contributed by atoms with Gasteiger partial charge in [0.25, 0.3) is 0 Å². The molecular weight excluding hydrogens is 260 g/mol. The fourth-order valence-electron chi connectivity index (χ4n) is 2.12. The zero-order valence-corrected chi connectivity index (χ0v) is 12.4. The minimum Gasteiger partial charge on any atom is -0.299 e. The van der Waals surface area contributed by atoms with E-state index in [4.69, 9.17) is 0 Å². The van der Waals surface area contributed by atoms with Crippen molar-refractivity contribution >= 4 is 15.6 Å². The first-order chi connectivity index (χ1) is 9.00. The number of Topliss-reactive ketones (excluding diaryl/α,β-unsaturated/α-hetero) is 1. The molecule has 4 heteroatoms. The third kappa shape index (κ3) is 5.15. The van der Waals surface area contributed by atoms with E-state index in [1.165, 1.54) is 0 Å². The topological polar surface area (TPSA) is 51.2 Å². The Morgan fingerprint density at radius 1 is 1.16 bits per heavy atom. The summed E-state index contributed by atoms with van der Waals surface area (Å²) in [7, 11) is -2.96. The lowest BCUT2D eigenvalue weighted by atomic mass is 9.90. The van der Waals surface area contributed by atoms with Crippen LogP contribution in [0.4, 0.5) is 0 Å². The Morgan fingerprint density at radius 2 is 1.79 bits per heavy atom. The van der Waals surface area contributed by atoms with Crippen LogP contribution in [0.2, 0.25) is 0 Å². The highest BCUT2D eigenvalue weighted by Crippen LogP contribution is 2.22. The Bertz CT molecular complexity index is 491. The van der Waals surface area contributed by atoms with Crippen LogP contribution in [0.1, 0.15) is 44.6 Å². The van der Waals surface area contributed by atoms with Crippen LogP contribution in [-0.4, -0.2) is 25.7 Å². The first-order valence-electron chi connectivity index (χ1n) is 6.78. The summed E-state index contributed by atoms with van der Waals surface area (Å²) in [5, 5.41) is 0. The predicted molar refractivity (Wildman–Crippen MR) is 78.0 cm³/mol. The molecule has 19 heavy (non-hydrogen) atoms. The third-order valence-corrected chi connectivity index (χ3v) is 5.11. The smallest absolute Gasteiger partial charge is 0.150 e. The molecule has 0 aliphatic heterocycles. The summed E-state index contributed by atoms with van der Waals surface area (Å²) >= 11 is 0. The standard InChI is InChI=1S/C15H22O3S/c1-3-14(13-9-6-5-7-10-13)15(16)11-8-12-19(17,18)4-2/h5-7,9-10,14H,3-4,8,11-12H2,1-2H3. The van der Waals surface area contributed by atoms with E-state index in [9.17, 15) is 13.2 Å². The van der Waals surface area contributed by atoms with Crippen molar-refractivity contribution in [2.45, 2.75) is 39.0 Å². The molecule has 0 aromatic heterocycles. The second kappa shape index (κ2) is 7.43. The highest BCUT2D eigenvalue weighted by atomic mass is 32.2. The molecule has 0 fully saturated rings. The molecule has 0 spiro atoms. The highest BCUT2D eigenvalue weighted by Gasteiger charge is 2.18. The molecule has 1 aromatic rings. The molecule has 0 aliphatic rings. The van der Waals surface area contributed by atoms with E-state index in [0.717, 1.165) is 12.0 Å². The highest BCUT2D eigenvalue weighted by molar-refractivity contribution is 7.91. The van der Waals surface area contributed by atoms with Gasteiger partial charge in [0.1, 0.15) is 15.6 Å². The molecule has 1 unspecified atom stereocenters. The summed E-state index contributed by atoms with van der Waals surface area (Å²) in [6, 6.07) is 9.68. The molecule has 1 rings (SSSR count). The van der Waals surface area contributed by atoms with E-state index in [1.54, 1.807) is 6.92 Å². The number of carbonyl (C=O) groups excluding carboxylic acids is 1. The van der Waals surface area contributed by atoms with Gasteiger partial charge in [0.2, 0.25) is 0 Å². The number of rotatable bonds is 8. The predicted octanol–water partition coefficient (Wildman–Crippen LogP) is 2.96. The molecule has 0 saturated carbocycles. The molecule has 106 valence electrons. The van der Waals surface area contributed by atoms with Gasteiger partial charge in [0.05, 0.1) is 5.75 Å². The monoisotopic (exact) mass is 282 g/mol. The lowest BCUT2D eigenvalue weighted by Crippen LogP contribution is -2.15. The van der Waals surface area contributed by atoms with E-state index in [0.29, 0.717) is 12.8 Å². The zero-order valence-electron chi connectivity index (χ0n) is 11.6. The van der Waals surface area contributed by atoms with Crippen LogP contribution < -0.4 is 0 Å². The largest absolute Gasteiger partial charge is 0.299 e.